The summed E-state index contributed by atoms with van der Waals surface area (Å²) >= 11 is 4.66. The van der Waals surface area contributed by atoms with Gasteiger partial charge in [-0.1, -0.05) is 30.3 Å². The number of rotatable bonds is 3. The van der Waals surface area contributed by atoms with Gasteiger partial charge in [-0.25, -0.2) is 4.98 Å². The third-order valence-corrected chi connectivity index (χ3v) is 5.56. The summed E-state index contributed by atoms with van der Waals surface area (Å²) in [7, 11) is 0. The molecule has 0 fully saturated rings. The van der Waals surface area contributed by atoms with Crippen molar-refractivity contribution in [2.24, 2.45) is 0 Å². The van der Waals surface area contributed by atoms with Crippen molar-refractivity contribution in [1.29, 1.82) is 0 Å². The first kappa shape index (κ1) is 17.6. The van der Waals surface area contributed by atoms with Crippen molar-refractivity contribution in [3.05, 3.63) is 92.3 Å². The molecule has 2 aromatic carbocycles. The van der Waals surface area contributed by atoms with E-state index in [0.29, 0.717) is 0 Å². The predicted molar refractivity (Wildman–Crippen MR) is 124 cm³/mol. The van der Waals surface area contributed by atoms with Gasteiger partial charge in [0.15, 0.2) is 0 Å². The number of hydrogen-bond acceptors (Lipinski definition) is 2. The van der Waals surface area contributed by atoms with E-state index in [4.69, 9.17) is 4.98 Å². The summed E-state index contributed by atoms with van der Waals surface area (Å²) in [6.45, 7) is 0. The summed E-state index contributed by atoms with van der Waals surface area (Å²) in [5.41, 5.74) is 6.36. The second-order valence-corrected chi connectivity index (χ2v) is 8.34. The molecule has 2 nitrogen and oxygen atoms in total. The first-order valence-corrected chi connectivity index (χ1v) is 10.3. The molecule has 2 aromatic heterocycles. The zero-order valence-electron chi connectivity index (χ0n) is 13.7. The number of aromatic nitrogens is 2. The monoisotopic (exact) mass is 560 g/mol. The fourth-order valence-corrected chi connectivity index (χ4v) is 3.54. The molecular formula is C22H14I2N2. The van der Waals surface area contributed by atoms with Gasteiger partial charge in [-0.15, -0.1) is 0 Å². The summed E-state index contributed by atoms with van der Waals surface area (Å²) in [4.78, 5) is 9.22. The number of halogens is 2. The molecule has 126 valence electrons. The molecule has 0 aliphatic rings. The minimum Gasteiger partial charge on any atom is -0.264 e. The minimum atomic E-state index is 0.931. The SMILES string of the molecule is Ic1ccc(-c2ccc(-c3cccnc3)nc2-c2ccc(I)cc2)cc1. The average molecular weight is 560 g/mol. The third kappa shape index (κ3) is 3.81. The molecule has 4 heteroatoms. The first-order valence-electron chi connectivity index (χ1n) is 8.14. The van der Waals surface area contributed by atoms with Crippen LogP contribution in [0.5, 0.6) is 0 Å². The fourth-order valence-electron chi connectivity index (χ4n) is 2.82. The molecule has 0 aliphatic carbocycles. The molecule has 0 N–H and O–H groups in total. The Kier molecular flexibility index (Phi) is 5.31. The zero-order valence-corrected chi connectivity index (χ0v) is 18.0. The van der Waals surface area contributed by atoms with Gasteiger partial charge in [-0.3, -0.25) is 4.98 Å². The topological polar surface area (TPSA) is 25.8 Å². The Balaban J connectivity index is 1.90. The Morgan fingerprint density at radius 1 is 0.615 bits per heavy atom. The van der Waals surface area contributed by atoms with E-state index in [1.54, 1.807) is 6.20 Å². The molecule has 0 aliphatic heterocycles. The van der Waals surface area contributed by atoms with Gasteiger partial charge in [0.05, 0.1) is 11.4 Å². The van der Waals surface area contributed by atoms with E-state index >= 15 is 0 Å². The van der Waals surface area contributed by atoms with Crippen LogP contribution >= 0.6 is 45.2 Å². The van der Waals surface area contributed by atoms with Crippen LogP contribution in [0.1, 0.15) is 0 Å². The average Bonchev–Trinajstić information content (AvgIpc) is 2.70. The van der Waals surface area contributed by atoms with Crippen LogP contribution in [0.15, 0.2) is 85.2 Å². The van der Waals surface area contributed by atoms with Crippen molar-refractivity contribution < 1.29 is 0 Å². The summed E-state index contributed by atoms with van der Waals surface area (Å²) in [5, 5.41) is 0. The van der Waals surface area contributed by atoms with Crippen LogP contribution < -0.4 is 0 Å². The van der Waals surface area contributed by atoms with Gasteiger partial charge < -0.3 is 0 Å². The van der Waals surface area contributed by atoms with Gasteiger partial charge in [-0.05, 0) is 93.2 Å². The van der Waals surface area contributed by atoms with E-state index in [-0.39, 0.29) is 0 Å². The van der Waals surface area contributed by atoms with Crippen molar-refractivity contribution >= 4 is 45.2 Å². The lowest BCUT2D eigenvalue weighted by Crippen LogP contribution is -1.93. The predicted octanol–water partition coefficient (Wildman–Crippen LogP) is 6.69. The number of benzene rings is 2. The van der Waals surface area contributed by atoms with Crippen LogP contribution in [-0.2, 0) is 0 Å². The van der Waals surface area contributed by atoms with Crippen molar-refractivity contribution in [3.8, 4) is 33.6 Å². The molecule has 0 radical (unpaired) electrons. The maximum absolute atomic E-state index is 5.00. The summed E-state index contributed by atoms with van der Waals surface area (Å²) in [5.74, 6) is 0. The second kappa shape index (κ2) is 7.84. The molecule has 0 saturated carbocycles. The Labute approximate surface area is 180 Å². The highest BCUT2D eigenvalue weighted by Gasteiger charge is 2.12. The Morgan fingerprint density at radius 2 is 1.27 bits per heavy atom. The molecule has 4 rings (SSSR count). The van der Waals surface area contributed by atoms with E-state index < -0.39 is 0 Å². The van der Waals surface area contributed by atoms with Gasteiger partial charge in [0.25, 0.3) is 0 Å². The van der Waals surface area contributed by atoms with Gasteiger partial charge in [-0.2, -0.15) is 0 Å². The molecule has 0 amide bonds. The summed E-state index contributed by atoms with van der Waals surface area (Å²) < 4.78 is 2.44. The lowest BCUT2D eigenvalue weighted by molar-refractivity contribution is 1.28. The van der Waals surface area contributed by atoms with E-state index in [1.807, 2.05) is 18.3 Å². The van der Waals surface area contributed by atoms with Crippen LogP contribution in [-0.4, -0.2) is 9.97 Å². The van der Waals surface area contributed by atoms with Crippen molar-refractivity contribution in [3.63, 3.8) is 0 Å². The maximum atomic E-state index is 5.00. The summed E-state index contributed by atoms with van der Waals surface area (Å²) in [6.07, 6.45) is 3.63. The van der Waals surface area contributed by atoms with Crippen LogP contribution in [0.4, 0.5) is 0 Å². The van der Waals surface area contributed by atoms with Crippen LogP contribution in [0.25, 0.3) is 33.6 Å². The normalized spacial score (nSPS) is 10.7. The molecular weight excluding hydrogens is 546 g/mol. The summed E-state index contributed by atoms with van der Waals surface area (Å²) in [6, 6.07) is 25.3. The highest BCUT2D eigenvalue weighted by Crippen LogP contribution is 2.33. The minimum absolute atomic E-state index is 0.931. The highest BCUT2D eigenvalue weighted by atomic mass is 127. The van der Waals surface area contributed by atoms with E-state index in [9.17, 15) is 0 Å². The van der Waals surface area contributed by atoms with Gasteiger partial charge in [0.2, 0.25) is 0 Å². The molecule has 26 heavy (non-hydrogen) atoms. The second-order valence-electron chi connectivity index (χ2n) is 5.85. The van der Waals surface area contributed by atoms with Crippen molar-refractivity contribution in [2.75, 3.05) is 0 Å². The lowest BCUT2D eigenvalue weighted by atomic mass is 9.98. The van der Waals surface area contributed by atoms with Crippen molar-refractivity contribution in [1.82, 2.24) is 9.97 Å². The van der Waals surface area contributed by atoms with Crippen LogP contribution in [0.3, 0.4) is 0 Å². The Bertz CT molecular complexity index is 1030. The van der Waals surface area contributed by atoms with Gasteiger partial charge in [0, 0.05) is 36.2 Å². The molecule has 0 spiro atoms. The molecule has 0 bridgehead atoms. The Morgan fingerprint density at radius 3 is 1.88 bits per heavy atom. The molecule has 0 atom stereocenters. The number of hydrogen-bond donors (Lipinski definition) is 0. The van der Waals surface area contributed by atoms with Crippen LogP contribution in [0.2, 0.25) is 0 Å². The van der Waals surface area contributed by atoms with Crippen LogP contribution in [0, 0.1) is 7.14 Å². The first-order chi connectivity index (χ1) is 12.7. The lowest BCUT2D eigenvalue weighted by Gasteiger charge is -2.12. The van der Waals surface area contributed by atoms with Gasteiger partial charge >= 0.3 is 0 Å². The molecule has 0 unspecified atom stereocenters. The van der Waals surface area contributed by atoms with E-state index in [2.05, 4.69) is 111 Å². The third-order valence-electron chi connectivity index (χ3n) is 4.13. The fraction of sp³-hybridized carbons (Fsp3) is 0. The number of nitrogens with zero attached hydrogens (tertiary/aromatic N) is 2. The van der Waals surface area contributed by atoms with E-state index in [1.165, 1.54) is 12.7 Å². The largest absolute Gasteiger partial charge is 0.264 e. The highest BCUT2D eigenvalue weighted by molar-refractivity contribution is 14.1. The van der Waals surface area contributed by atoms with E-state index in [0.717, 1.165) is 28.1 Å². The molecule has 4 aromatic rings. The standard InChI is InChI=1S/C22H14I2N2/c23-18-7-3-15(4-8-18)20-11-12-21(17-2-1-13-25-14-17)26-22(20)16-5-9-19(24)10-6-16/h1-14H. The molecule has 0 saturated heterocycles. The number of pyridine rings is 2. The molecule has 2 heterocycles. The van der Waals surface area contributed by atoms with Gasteiger partial charge in [0.1, 0.15) is 0 Å². The quantitative estimate of drug-likeness (QED) is 0.261. The van der Waals surface area contributed by atoms with Crippen molar-refractivity contribution in [2.45, 2.75) is 0 Å². The Hall–Kier alpha value is -1.80. The maximum Gasteiger partial charge on any atom is 0.0787 e. The smallest absolute Gasteiger partial charge is 0.0787 e. The zero-order chi connectivity index (χ0) is 17.9.